The Hall–Kier alpha value is -1.26. The highest BCUT2D eigenvalue weighted by Crippen LogP contribution is 2.37. The second kappa shape index (κ2) is 5.16. The van der Waals surface area contributed by atoms with E-state index in [0.717, 1.165) is 5.69 Å². The van der Waals surface area contributed by atoms with E-state index < -0.39 is 5.91 Å². The van der Waals surface area contributed by atoms with E-state index >= 15 is 0 Å². The molecule has 4 N–H and O–H groups in total. The van der Waals surface area contributed by atoms with E-state index in [9.17, 15) is 4.79 Å². The van der Waals surface area contributed by atoms with Crippen LogP contribution in [-0.4, -0.2) is 25.5 Å². The highest BCUT2D eigenvalue weighted by Gasteiger charge is 2.33. The van der Waals surface area contributed by atoms with Crippen LogP contribution in [-0.2, 0) is 0 Å². The number of nitrogens with two attached hydrogens (primary N) is 2. The van der Waals surface area contributed by atoms with Crippen LogP contribution in [0.15, 0.2) is 18.2 Å². The minimum Gasteiger partial charge on any atom is -0.369 e. The van der Waals surface area contributed by atoms with Crippen LogP contribution in [0.1, 0.15) is 23.2 Å². The molecule has 0 aromatic heterocycles. The summed E-state index contributed by atoms with van der Waals surface area (Å²) in [4.78, 5) is 13.2. The van der Waals surface area contributed by atoms with Crippen LogP contribution in [0.3, 0.4) is 0 Å². The van der Waals surface area contributed by atoms with Gasteiger partial charge in [0.1, 0.15) is 0 Å². The predicted octanol–water partition coefficient (Wildman–Crippen LogP) is 1.61. The Labute approximate surface area is 112 Å². The van der Waals surface area contributed by atoms with Crippen LogP contribution in [0.25, 0.3) is 0 Å². The van der Waals surface area contributed by atoms with Gasteiger partial charge in [-0.25, -0.2) is 0 Å². The predicted molar refractivity (Wildman–Crippen MR) is 73.9 cm³/mol. The number of carbonyl (C=O) groups excluding carboxylic acids is 1. The summed E-state index contributed by atoms with van der Waals surface area (Å²) >= 11 is 6.20. The Kier molecular flexibility index (Phi) is 3.78. The van der Waals surface area contributed by atoms with Gasteiger partial charge in [0.15, 0.2) is 0 Å². The molecule has 0 heterocycles. The smallest absolute Gasteiger partial charge is 0.248 e. The number of halogens is 1. The molecule has 1 atom stereocenters. The number of primary amides is 1. The van der Waals surface area contributed by atoms with Gasteiger partial charge in [-0.15, -0.1) is 0 Å². The first-order valence-corrected chi connectivity index (χ1v) is 6.44. The molecule has 1 saturated carbocycles. The number of hydrogen-bond acceptors (Lipinski definition) is 3. The number of carbonyl (C=O) groups is 1. The van der Waals surface area contributed by atoms with Gasteiger partial charge in [-0.05, 0) is 37.0 Å². The summed E-state index contributed by atoms with van der Waals surface area (Å²) in [7, 11) is 1.99. The topological polar surface area (TPSA) is 72.3 Å². The van der Waals surface area contributed by atoms with E-state index in [1.54, 1.807) is 12.1 Å². The molecule has 1 aromatic rings. The number of benzene rings is 1. The number of anilines is 1. The van der Waals surface area contributed by atoms with Gasteiger partial charge >= 0.3 is 0 Å². The van der Waals surface area contributed by atoms with Crippen molar-refractivity contribution in [3.8, 4) is 0 Å². The van der Waals surface area contributed by atoms with Crippen molar-refractivity contribution in [2.45, 2.75) is 18.9 Å². The van der Waals surface area contributed by atoms with Gasteiger partial charge in [0.05, 0.1) is 10.7 Å². The highest BCUT2D eigenvalue weighted by molar-refractivity contribution is 6.33. The van der Waals surface area contributed by atoms with E-state index in [1.807, 2.05) is 13.1 Å². The van der Waals surface area contributed by atoms with Gasteiger partial charge in [0.2, 0.25) is 5.91 Å². The third kappa shape index (κ3) is 2.60. The Morgan fingerprint density at radius 3 is 2.67 bits per heavy atom. The van der Waals surface area contributed by atoms with Gasteiger partial charge in [0.25, 0.3) is 0 Å². The van der Waals surface area contributed by atoms with Gasteiger partial charge in [-0.3, -0.25) is 4.79 Å². The van der Waals surface area contributed by atoms with Crippen molar-refractivity contribution in [3.05, 3.63) is 28.8 Å². The zero-order valence-electron chi connectivity index (χ0n) is 10.4. The Morgan fingerprint density at radius 2 is 2.22 bits per heavy atom. The maximum absolute atomic E-state index is 11.1. The number of nitrogens with zero attached hydrogens (tertiary/aromatic N) is 1. The standard InChI is InChI=1S/C13H18ClN3O/c1-17(12(7-15)8-2-3-8)11-5-4-9(13(16)18)6-10(11)14/h4-6,8,12H,2-3,7,15H2,1H3,(H2,16,18). The molecule has 5 heteroatoms. The van der Waals surface area contributed by atoms with Crippen LogP contribution < -0.4 is 16.4 Å². The second-order valence-corrected chi connectivity index (χ2v) is 5.19. The lowest BCUT2D eigenvalue weighted by atomic mass is 10.1. The van der Waals surface area contributed by atoms with Crippen molar-refractivity contribution >= 4 is 23.2 Å². The van der Waals surface area contributed by atoms with Gasteiger partial charge in [-0.2, -0.15) is 0 Å². The molecule has 1 aromatic carbocycles. The van der Waals surface area contributed by atoms with Crippen molar-refractivity contribution in [1.82, 2.24) is 0 Å². The third-order valence-electron chi connectivity index (χ3n) is 3.52. The largest absolute Gasteiger partial charge is 0.369 e. The van der Waals surface area contributed by atoms with Crippen LogP contribution in [0.2, 0.25) is 5.02 Å². The summed E-state index contributed by atoms with van der Waals surface area (Å²) in [6, 6.07) is 5.44. The molecule has 0 spiro atoms. The van der Waals surface area contributed by atoms with Crippen LogP contribution in [0, 0.1) is 5.92 Å². The average molecular weight is 268 g/mol. The number of amides is 1. The van der Waals surface area contributed by atoms with E-state index in [0.29, 0.717) is 29.1 Å². The minimum absolute atomic E-state index is 0.307. The highest BCUT2D eigenvalue weighted by atomic mass is 35.5. The Morgan fingerprint density at radius 1 is 1.56 bits per heavy atom. The monoisotopic (exact) mass is 267 g/mol. The molecule has 0 bridgehead atoms. The Balaban J connectivity index is 2.24. The van der Waals surface area contributed by atoms with Crippen molar-refractivity contribution in [1.29, 1.82) is 0 Å². The zero-order chi connectivity index (χ0) is 13.3. The first-order chi connectivity index (χ1) is 8.54. The second-order valence-electron chi connectivity index (χ2n) is 4.78. The molecular formula is C13H18ClN3O. The summed E-state index contributed by atoms with van der Waals surface area (Å²) in [5.74, 6) is 0.190. The summed E-state index contributed by atoms with van der Waals surface area (Å²) in [5.41, 5.74) is 12.4. The number of likely N-dealkylation sites (N-methyl/N-ethyl adjacent to an activating group) is 1. The average Bonchev–Trinajstić information content (AvgIpc) is 3.14. The lowest BCUT2D eigenvalue weighted by Gasteiger charge is -2.30. The fraction of sp³-hybridized carbons (Fsp3) is 0.462. The summed E-state index contributed by atoms with van der Waals surface area (Å²) in [6.45, 7) is 0.606. The van der Waals surface area contributed by atoms with E-state index in [1.165, 1.54) is 12.8 Å². The summed E-state index contributed by atoms with van der Waals surface area (Å²) in [5, 5.41) is 0.535. The van der Waals surface area contributed by atoms with E-state index in [-0.39, 0.29) is 0 Å². The molecule has 98 valence electrons. The molecule has 18 heavy (non-hydrogen) atoms. The van der Waals surface area contributed by atoms with Crippen LogP contribution in [0.5, 0.6) is 0 Å². The van der Waals surface area contributed by atoms with Gasteiger partial charge in [-0.1, -0.05) is 11.6 Å². The lowest BCUT2D eigenvalue weighted by molar-refractivity contribution is 0.100. The molecule has 1 fully saturated rings. The third-order valence-corrected chi connectivity index (χ3v) is 3.82. The quantitative estimate of drug-likeness (QED) is 0.851. The van der Waals surface area contributed by atoms with E-state index in [4.69, 9.17) is 23.1 Å². The first kappa shape index (κ1) is 13.2. The van der Waals surface area contributed by atoms with E-state index in [2.05, 4.69) is 4.90 Å². The number of hydrogen-bond donors (Lipinski definition) is 2. The molecule has 0 aliphatic heterocycles. The molecule has 2 rings (SSSR count). The van der Waals surface area contributed by atoms with Crippen molar-refractivity contribution in [3.63, 3.8) is 0 Å². The lowest BCUT2D eigenvalue weighted by Crippen LogP contribution is -2.39. The normalized spacial score (nSPS) is 16.4. The Bertz CT molecular complexity index is 460. The number of rotatable bonds is 5. The molecule has 1 amide bonds. The van der Waals surface area contributed by atoms with Crippen molar-refractivity contribution in [2.24, 2.45) is 17.4 Å². The molecule has 1 aliphatic carbocycles. The van der Waals surface area contributed by atoms with Gasteiger partial charge < -0.3 is 16.4 Å². The fourth-order valence-corrected chi connectivity index (χ4v) is 2.59. The van der Waals surface area contributed by atoms with Crippen LogP contribution in [0.4, 0.5) is 5.69 Å². The fourth-order valence-electron chi connectivity index (χ4n) is 2.27. The maximum Gasteiger partial charge on any atom is 0.248 e. The molecule has 0 saturated heterocycles. The zero-order valence-corrected chi connectivity index (χ0v) is 11.2. The molecule has 4 nitrogen and oxygen atoms in total. The molecular weight excluding hydrogens is 250 g/mol. The summed E-state index contributed by atoms with van der Waals surface area (Å²) < 4.78 is 0. The van der Waals surface area contributed by atoms with Crippen LogP contribution >= 0.6 is 11.6 Å². The van der Waals surface area contributed by atoms with Crippen molar-refractivity contribution in [2.75, 3.05) is 18.5 Å². The molecule has 0 radical (unpaired) electrons. The van der Waals surface area contributed by atoms with Crippen molar-refractivity contribution < 1.29 is 4.79 Å². The summed E-state index contributed by atoms with van der Waals surface area (Å²) in [6.07, 6.45) is 2.45. The first-order valence-electron chi connectivity index (χ1n) is 6.07. The molecule has 1 unspecified atom stereocenters. The van der Waals surface area contributed by atoms with Gasteiger partial charge in [0, 0.05) is 25.2 Å². The molecule has 1 aliphatic rings. The maximum atomic E-state index is 11.1. The SMILES string of the molecule is CN(c1ccc(C(N)=O)cc1Cl)C(CN)C1CC1. The minimum atomic E-state index is -0.469.